The first-order valence-electron chi connectivity index (χ1n) is 6.43. The quantitative estimate of drug-likeness (QED) is 0.657. The maximum atomic E-state index is 11.2. The normalized spacial score (nSPS) is 18.2. The summed E-state index contributed by atoms with van der Waals surface area (Å²) in [4.78, 5) is 11.2. The van der Waals surface area contributed by atoms with Gasteiger partial charge in [-0.3, -0.25) is 0 Å². The standard InChI is InChI=1S/C15H19NO2/c1-3-18-15(17)9-6-12-5-8-13-7-4-11(2)16-14(13)10-12/h5-6,8-11,16H,3-4,7H2,1-2H3/b9-6+. The molecule has 3 nitrogen and oxygen atoms in total. The SMILES string of the molecule is CCOC(=O)/C=C/c1ccc2c(c1)NC(C)CC2. The summed E-state index contributed by atoms with van der Waals surface area (Å²) in [6.07, 6.45) is 5.55. The van der Waals surface area contributed by atoms with E-state index in [1.54, 1.807) is 13.0 Å². The van der Waals surface area contributed by atoms with E-state index in [1.807, 2.05) is 6.07 Å². The topological polar surface area (TPSA) is 38.3 Å². The maximum absolute atomic E-state index is 11.2. The molecule has 0 aromatic heterocycles. The Morgan fingerprint density at radius 2 is 2.39 bits per heavy atom. The summed E-state index contributed by atoms with van der Waals surface area (Å²) in [5, 5.41) is 3.46. The fourth-order valence-electron chi connectivity index (χ4n) is 2.11. The highest BCUT2D eigenvalue weighted by Crippen LogP contribution is 2.26. The lowest BCUT2D eigenvalue weighted by Gasteiger charge is -2.24. The molecule has 0 fully saturated rings. The molecule has 1 atom stereocenters. The van der Waals surface area contributed by atoms with E-state index in [0.717, 1.165) is 12.0 Å². The van der Waals surface area contributed by atoms with Gasteiger partial charge in [0.25, 0.3) is 0 Å². The van der Waals surface area contributed by atoms with Crippen LogP contribution in [-0.4, -0.2) is 18.6 Å². The molecule has 0 spiro atoms. The third-order valence-electron chi connectivity index (χ3n) is 3.08. The molecule has 1 aliphatic heterocycles. The highest BCUT2D eigenvalue weighted by Gasteiger charge is 2.13. The van der Waals surface area contributed by atoms with Crippen LogP contribution in [0.1, 0.15) is 31.4 Å². The van der Waals surface area contributed by atoms with Gasteiger partial charge in [-0.15, -0.1) is 0 Å². The van der Waals surface area contributed by atoms with Crippen LogP contribution in [-0.2, 0) is 16.0 Å². The van der Waals surface area contributed by atoms with Crippen LogP contribution in [0.5, 0.6) is 0 Å². The number of anilines is 1. The van der Waals surface area contributed by atoms with Crippen LogP contribution in [0.4, 0.5) is 5.69 Å². The number of hydrogen-bond donors (Lipinski definition) is 1. The van der Waals surface area contributed by atoms with Crippen LogP contribution in [0.25, 0.3) is 6.08 Å². The molecular weight excluding hydrogens is 226 g/mol. The minimum Gasteiger partial charge on any atom is -0.463 e. The Balaban J connectivity index is 2.11. The maximum Gasteiger partial charge on any atom is 0.330 e. The molecule has 0 aliphatic carbocycles. The fraction of sp³-hybridized carbons (Fsp3) is 0.400. The van der Waals surface area contributed by atoms with Gasteiger partial charge in [0.05, 0.1) is 6.61 Å². The number of nitrogens with one attached hydrogen (secondary N) is 1. The van der Waals surface area contributed by atoms with Crippen molar-refractivity contribution in [1.82, 2.24) is 0 Å². The zero-order valence-corrected chi connectivity index (χ0v) is 10.9. The van der Waals surface area contributed by atoms with Gasteiger partial charge < -0.3 is 10.1 Å². The molecule has 1 aromatic rings. The van der Waals surface area contributed by atoms with E-state index in [0.29, 0.717) is 12.6 Å². The zero-order chi connectivity index (χ0) is 13.0. The number of esters is 1. The average molecular weight is 245 g/mol. The molecule has 0 bridgehead atoms. The minimum absolute atomic E-state index is 0.295. The van der Waals surface area contributed by atoms with Crippen molar-refractivity contribution in [2.24, 2.45) is 0 Å². The molecule has 1 heterocycles. The fourth-order valence-corrected chi connectivity index (χ4v) is 2.11. The lowest BCUT2D eigenvalue weighted by atomic mass is 9.97. The summed E-state index contributed by atoms with van der Waals surface area (Å²) in [6.45, 7) is 4.40. The van der Waals surface area contributed by atoms with Gasteiger partial charge in [0.15, 0.2) is 0 Å². The van der Waals surface area contributed by atoms with E-state index in [4.69, 9.17) is 4.74 Å². The smallest absolute Gasteiger partial charge is 0.330 e. The average Bonchev–Trinajstić information content (AvgIpc) is 2.36. The Morgan fingerprint density at radius 3 is 3.17 bits per heavy atom. The van der Waals surface area contributed by atoms with E-state index in [2.05, 4.69) is 24.4 Å². The molecule has 0 saturated carbocycles. The van der Waals surface area contributed by atoms with E-state index in [1.165, 1.54) is 23.7 Å². The second-order valence-electron chi connectivity index (χ2n) is 4.59. The van der Waals surface area contributed by atoms with E-state index in [9.17, 15) is 4.79 Å². The Morgan fingerprint density at radius 1 is 1.56 bits per heavy atom. The van der Waals surface area contributed by atoms with Crippen molar-refractivity contribution in [3.8, 4) is 0 Å². The van der Waals surface area contributed by atoms with Crippen LogP contribution >= 0.6 is 0 Å². The number of rotatable bonds is 3. The summed E-state index contributed by atoms with van der Waals surface area (Å²) in [5.74, 6) is -0.295. The second kappa shape index (κ2) is 5.71. The van der Waals surface area contributed by atoms with E-state index < -0.39 is 0 Å². The van der Waals surface area contributed by atoms with Gasteiger partial charge in [0.1, 0.15) is 0 Å². The first-order valence-corrected chi connectivity index (χ1v) is 6.43. The van der Waals surface area contributed by atoms with Crippen molar-refractivity contribution < 1.29 is 9.53 Å². The Labute approximate surface area is 108 Å². The lowest BCUT2D eigenvalue weighted by molar-refractivity contribution is -0.137. The monoisotopic (exact) mass is 245 g/mol. The molecule has 1 aliphatic rings. The molecule has 96 valence electrons. The highest BCUT2D eigenvalue weighted by atomic mass is 16.5. The summed E-state index contributed by atoms with van der Waals surface area (Å²) in [5.41, 5.74) is 3.55. The molecule has 2 rings (SSSR count). The van der Waals surface area contributed by atoms with Gasteiger partial charge in [-0.1, -0.05) is 12.1 Å². The molecule has 3 heteroatoms. The number of hydrogen-bond acceptors (Lipinski definition) is 3. The predicted molar refractivity (Wildman–Crippen MR) is 73.5 cm³/mol. The Bertz CT molecular complexity index is 466. The summed E-state index contributed by atoms with van der Waals surface area (Å²) in [6, 6.07) is 6.76. The van der Waals surface area contributed by atoms with Gasteiger partial charge in [-0.25, -0.2) is 4.79 Å². The largest absolute Gasteiger partial charge is 0.463 e. The third-order valence-corrected chi connectivity index (χ3v) is 3.08. The van der Waals surface area contributed by atoms with Gasteiger partial charge in [0, 0.05) is 17.8 Å². The first kappa shape index (κ1) is 12.7. The van der Waals surface area contributed by atoms with Crippen LogP contribution in [0.2, 0.25) is 0 Å². The molecule has 0 saturated heterocycles. The first-order chi connectivity index (χ1) is 8.69. The number of carbonyl (C=O) groups excluding carboxylic acids is 1. The molecule has 1 aromatic carbocycles. The van der Waals surface area contributed by atoms with Gasteiger partial charge in [-0.05, 0) is 50.0 Å². The second-order valence-corrected chi connectivity index (χ2v) is 4.59. The van der Waals surface area contributed by atoms with Crippen molar-refractivity contribution in [3.05, 3.63) is 35.4 Å². The number of carbonyl (C=O) groups is 1. The molecule has 18 heavy (non-hydrogen) atoms. The van der Waals surface area contributed by atoms with E-state index in [-0.39, 0.29) is 5.97 Å². The van der Waals surface area contributed by atoms with Crippen LogP contribution in [0.15, 0.2) is 24.3 Å². The number of fused-ring (bicyclic) bond motifs is 1. The molecule has 1 unspecified atom stereocenters. The van der Waals surface area contributed by atoms with Crippen LogP contribution in [0, 0.1) is 0 Å². The minimum atomic E-state index is -0.295. The zero-order valence-electron chi connectivity index (χ0n) is 10.9. The van der Waals surface area contributed by atoms with Gasteiger partial charge in [0.2, 0.25) is 0 Å². The van der Waals surface area contributed by atoms with Crippen molar-refractivity contribution in [1.29, 1.82) is 0 Å². The van der Waals surface area contributed by atoms with Crippen LogP contribution < -0.4 is 5.32 Å². The molecular formula is C15H19NO2. The van der Waals surface area contributed by atoms with Crippen molar-refractivity contribution in [3.63, 3.8) is 0 Å². The molecule has 0 amide bonds. The number of aryl methyl sites for hydroxylation is 1. The van der Waals surface area contributed by atoms with Crippen molar-refractivity contribution >= 4 is 17.7 Å². The van der Waals surface area contributed by atoms with Gasteiger partial charge in [-0.2, -0.15) is 0 Å². The molecule has 1 N–H and O–H groups in total. The van der Waals surface area contributed by atoms with Crippen molar-refractivity contribution in [2.75, 3.05) is 11.9 Å². The van der Waals surface area contributed by atoms with E-state index >= 15 is 0 Å². The predicted octanol–water partition coefficient (Wildman–Crippen LogP) is 3.01. The Hall–Kier alpha value is -1.77. The summed E-state index contributed by atoms with van der Waals surface area (Å²) in [7, 11) is 0. The lowest BCUT2D eigenvalue weighted by Crippen LogP contribution is -2.21. The third kappa shape index (κ3) is 3.13. The Kier molecular flexibility index (Phi) is 4.03. The summed E-state index contributed by atoms with van der Waals surface area (Å²) < 4.78 is 4.85. The number of ether oxygens (including phenoxy) is 1. The highest BCUT2D eigenvalue weighted by molar-refractivity contribution is 5.87. The number of benzene rings is 1. The van der Waals surface area contributed by atoms with Crippen LogP contribution in [0.3, 0.4) is 0 Å². The van der Waals surface area contributed by atoms with Crippen molar-refractivity contribution in [2.45, 2.75) is 32.7 Å². The van der Waals surface area contributed by atoms with Gasteiger partial charge >= 0.3 is 5.97 Å². The summed E-state index contributed by atoms with van der Waals surface area (Å²) >= 11 is 0. The molecule has 0 radical (unpaired) electrons.